The van der Waals surface area contributed by atoms with Gasteiger partial charge in [-0.15, -0.1) is 10.2 Å². The molecule has 0 atom stereocenters. The summed E-state index contributed by atoms with van der Waals surface area (Å²) < 4.78 is 6.13. The van der Waals surface area contributed by atoms with E-state index < -0.39 is 0 Å². The minimum atomic E-state index is 0.168. The van der Waals surface area contributed by atoms with Crippen molar-refractivity contribution < 1.29 is 9.53 Å². The van der Waals surface area contributed by atoms with Crippen molar-refractivity contribution in [3.05, 3.63) is 59.7 Å². The Bertz CT molecular complexity index is 1010. The van der Waals surface area contributed by atoms with Gasteiger partial charge in [0.25, 0.3) is 0 Å². The number of likely N-dealkylation sites (tertiary alicyclic amines) is 1. The monoisotopic (exact) mass is 419 g/mol. The van der Waals surface area contributed by atoms with Crippen LogP contribution >= 0.6 is 0 Å². The van der Waals surface area contributed by atoms with Crippen LogP contribution in [0, 0.1) is 13.8 Å². The molecule has 31 heavy (non-hydrogen) atoms. The number of ether oxygens (including phenoxy) is 1. The number of piperidine rings is 1. The Kier molecular flexibility index (Phi) is 6.60. The minimum Gasteiger partial charge on any atom is -0.490 e. The van der Waals surface area contributed by atoms with Crippen molar-refractivity contribution >= 4 is 5.91 Å². The predicted octanol–water partition coefficient (Wildman–Crippen LogP) is 3.81. The number of carbonyl (C=O) groups is 1. The number of rotatable bonds is 7. The van der Waals surface area contributed by atoms with Crippen LogP contribution in [0.4, 0.5) is 0 Å². The number of hydrogen-bond donors (Lipinski definition) is 0. The van der Waals surface area contributed by atoms with Gasteiger partial charge in [0.05, 0.1) is 6.54 Å². The van der Waals surface area contributed by atoms with Crippen LogP contribution in [0.25, 0.3) is 11.4 Å². The van der Waals surface area contributed by atoms with E-state index in [0.29, 0.717) is 25.2 Å². The first-order valence-electron chi connectivity index (χ1n) is 10.9. The van der Waals surface area contributed by atoms with Gasteiger partial charge in [0.1, 0.15) is 11.9 Å². The SMILES string of the molecule is Cc1ccc(OC2CCN(C(=O)CCCn3nnc(-c4ccccc4)n3)CC2)cc1C. The Morgan fingerprint density at radius 2 is 1.84 bits per heavy atom. The molecule has 2 heterocycles. The summed E-state index contributed by atoms with van der Waals surface area (Å²) in [7, 11) is 0. The summed E-state index contributed by atoms with van der Waals surface area (Å²) in [5.41, 5.74) is 3.45. The average molecular weight is 420 g/mol. The van der Waals surface area contributed by atoms with Gasteiger partial charge < -0.3 is 9.64 Å². The third-order valence-electron chi connectivity index (χ3n) is 5.81. The van der Waals surface area contributed by atoms with E-state index in [2.05, 4.69) is 41.4 Å². The van der Waals surface area contributed by atoms with Crippen LogP contribution < -0.4 is 4.74 Å². The fourth-order valence-corrected chi connectivity index (χ4v) is 3.77. The van der Waals surface area contributed by atoms with Gasteiger partial charge in [-0.1, -0.05) is 36.4 Å². The summed E-state index contributed by atoms with van der Waals surface area (Å²) in [5.74, 6) is 1.72. The molecule has 1 amide bonds. The highest BCUT2D eigenvalue weighted by atomic mass is 16.5. The summed E-state index contributed by atoms with van der Waals surface area (Å²) >= 11 is 0. The standard InChI is InChI=1S/C24H29N5O2/c1-18-10-11-22(17-19(18)2)31-21-12-15-28(16-13-21)23(30)9-6-14-29-26-24(25-27-29)20-7-4-3-5-8-20/h3-5,7-8,10-11,17,21H,6,9,12-16H2,1-2H3. The quantitative estimate of drug-likeness (QED) is 0.582. The topological polar surface area (TPSA) is 73.1 Å². The molecule has 0 bridgehead atoms. The van der Waals surface area contributed by atoms with Crippen molar-refractivity contribution in [2.24, 2.45) is 0 Å². The Labute approximate surface area is 183 Å². The van der Waals surface area contributed by atoms with E-state index in [-0.39, 0.29) is 12.0 Å². The number of aromatic nitrogens is 4. The zero-order valence-electron chi connectivity index (χ0n) is 18.2. The lowest BCUT2D eigenvalue weighted by atomic mass is 10.1. The molecule has 7 nitrogen and oxygen atoms in total. The molecule has 1 fully saturated rings. The second-order valence-corrected chi connectivity index (χ2v) is 8.12. The van der Waals surface area contributed by atoms with Gasteiger partial charge in [-0.25, -0.2) is 0 Å². The summed E-state index contributed by atoms with van der Waals surface area (Å²) in [5, 5.41) is 12.6. The van der Waals surface area contributed by atoms with Crippen LogP contribution in [0.1, 0.15) is 36.8 Å². The number of hydrogen-bond acceptors (Lipinski definition) is 5. The smallest absolute Gasteiger partial charge is 0.222 e. The predicted molar refractivity (Wildman–Crippen MR) is 119 cm³/mol. The van der Waals surface area contributed by atoms with Crippen molar-refractivity contribution in [3.63, 3.8) is 0 Å². The van der Waals surface area contributed by atoms with E-state index in [1.54, 1.807) is 4.80 Å². The largest absolute Gasteiger partial charge is 0.490 e. The van der Waals surface area contributed by atoms with Crippen LogP contribution in [0.3, 0.4) is 0 Å². The molecule has 4 rings (SSSR count). The number of tetrazole rings is 1. The normalized spacial score (nSPS) is 14.6. The van der Waals surface area contributed by atoms with Gasteiger partial charge in [0.15, 0.2) is 0 Å². The summed E-state index contributed by atoms with van der Waals surface area (Å²) in [6, 6.07) is 16.0. The third kappa shape index (κ3) is 5.48. The second kappa shape index (κ2) is 9.73. The second-order valence-electron chi connectivity index (χ2n) is 8.12. The number of carbonyl (C=O) groups excluding carboxylic acids is 1. The molecule has 162 valence electrons. The molecule has 3 aromatic rings. The van der Waals surface area contributed by atoms with Gasteiger partial charge in [-0.2, -0.15) is 4.80 Å². The molecular formula is C24H29N5O2. The zero-order valence-corrected chi connectivity index (χ0v) is 18.2. The van der Waals surface area contributed by atoms with Crippen molar-refractivity contribution in [2.45, 2.75) is 52.2 Å². The van der Waals surface area contributed by atoms with Crippen molar-refractivity contribution in [3.8, 4) is 17.1 Å². The lowest BCUT2D eigenvalue weighted by Gasteiger charge is -2.32. The molecular weight excluding hydrogens is 390 g/mol. The Morgan fingerprint density at radius 1 is 1.06 bits per heavy atom. The van der Waals surface area contributed by atoms with Crippen LogP contribution in [0.2, 0.25) is 0 Å². The third-order valence-corrected chi connectivity index (χ3v) is 5.81. The summed E-state index contributed by atoms with van der Waals surface area (Å²) in [6.45, 7) is 6.27. The number of benzene rings is 2. The lowest BCUT2D eigenvalue weighted by molar-refractivity contribution is -0.133. The molecule has 0 N–H and O–H groups in total. The molecule has 0 radical (unpaired) electrons. The van der Waals surface area contributed by atoms with Crippen molar-refractivity contribution in [1.29, 1.82) is 0 Å². The first kappa shape index (κ1) is 21.0. The summed E-state index contributed by atoms with van der Waals surface area (Å²) in [4.78, 5) is 16.1. The van der Waals surface area contributed by atoms with Crippen LogP contribution in [0.15, 0.2) is 48.5 Å². The fourth-order valence-electron chi connectivity index (χ4n) is 3.77. The number of nitrogens with zero attached hydrogens (tertiary/aromatic N) is 5. The van der Waals surface area contributed by atoms with Gasteiger partial charge in [-0.3, -0.25) is 4.79 Å². The molecule has 0 saturated carbocycles. The maximum Gasteiger partial charge on any atom is 0.222 e. The zero-order chi connectivity index (χ0) is 21.6. The number of aryl methyl sites for hydroxylation is 3. The first-order chi connectivity index (χ1) is 15.1. The molecule has 7 heteroatoms. The molecule has 0 aliphatic carbocycles. The highest BCUT2D eigenvalue weighted by Crippen LogP contribution is 2.22. The number of amides is 1. The van der Waals surface area contributed by atoms with E-state index in [1.807, 2.05) is 41.3 Å². The van der Waals surface area contributed by atoms with Gasteiger partial charge >= 0.3 is 0 Å². The first-order valence-corrected chi connectivity index (χ1v) is 10.9. The van der Waals surface area contributed by atoms with E-state index >= 15 is 0 Å². The van der Waals surface area contributed by atoms with Crippen molar-refractivity contribution in [2.75, 3.05) is 13.1 Å². The Balaban J connectivity index is 1.19. The minimum absolute atomic E-state index is 0.168. The molecule has 1 aliphatic heterocycles. The molecule has 1 saturated heterocycles. The lowest BCUT2D eigenvalue weighted by Crippen LogP contribution is -2.41. The van der Waals surface area contributed by atoms with Gasteiger partial charge in [-0.05, 0) is 48.7 Å². The van der Waals surface area contributed by atoms with E-state index in [9.17, 15) is 4.79 Å². The summed E-state index contributed by atoms with van der Waals surface area (Å²) in [6.07, 6.45) is 3.09. The maximum absolute atomic E-state index is 12.6. The highest BCUT2D eigenvalue weighted by Gasteiger charge is 2.23. The van der Waals surface area contributed by atoms with Gasteiger partial charge in [0, 0.05) is 37.9 Å². The molecule has 0 unspecified atom stereocenters. The van der Waals surface area contributed by atoms with E-state index in [0.717, 1.165) is 37.2 Å². The molecule has 1 aromatic heterocycles. The fraction of sp³-hybridized carbons (Fsp3) is 0.417. The molecule has 2 aromatic carbocycles. The van der Waals surface area contributed by atoms with Crippen LogP contribution in [-0.2, 0) is 11.3 Å². The van der Waals surface area contributed by atoms with E-state index in [4.69, 9.17) is 4.74 Å². The highest BCUT2D eigenvalue weighted by molar-refractivity contribution is 5.76. The van der Waals surface area contributed by atoms with Gasteiger partial charge in [0.2, 0.25) is 11.7 Å². The Morgan fingerprint density at radius 3 is 2.58 bits per heavy atom. The van der Waals surface area contributed by atoms with Crippen LogP contribution in [0.5, 0.6) is 5.75 Å². The average Bonchev–Trinajstić information content (AvgIpc) is 3.26. The van der Waals surface area contributed by atoms with Crippen molar-refractivity contribution in [1.82, 2.24) is 25.1 Å². The molecule has 0 spiro atoms. The maximum atomic E-state index is 12.6. The van der Waals surface area contributed by atoms with E-state index in [1.165, 1.54) is 11.1 Å². The van der Waals surface area contributed by atoms with Crippen LogP contribution in [-0.4, -0.2) is 50.2 Å². The Hall–Kier alpha value is -3.22. The molecule has 1 aliphatic rings.